The third-order valence-corrected chi connectivity index (χ3v) is 5.79. The third kappa shape index (κ3) is 4.42. The Morgan fingerprint density at radius 3 is 2.48 bits per heavy atom. The molecule has 1 saturated carbocycles. The first-order valence-corrected chi connectivity index (χ1v) is 10.3. The van der Waals surface area contributed by atoms with E-state index < -0.39 is 0 Å². The Labute approximate surface area is 172 Å². The lowest BCUT2D eigenvalue weighted by atomic mass is 9.74. The number of hydrogen-bond donors (Lipinski definition) is 1. The fourth-order valence-electron chi connectivity index (χ4n) is 3.82. The zero-order valence-corrected chi connectivity index (χ0v) is 17.3. The number of nitrogens with one attached hydrogen (secondary N) is 1. The van der Waals surface area contributed by atoms with Crippen LogP contribution in [0.15, 0.2) is 65.8 Å². The Bertz CT molecular complexity index is 934. The quantitative estimate of drug-likeness (QED) is 0.562. The van der Waals surface area contributed by atoms with Gasteiger partial charge in [0.1, 0.15) is 12.4 Å². The van der Waals surface area contributed by atoms with Gasteiger partial charge in [-0.3, -0.25) is 4.79 Å². The van der Waals surface area contributed by atoms with Gasteiger partial charge in [0.25, 0.3) is 5.91 Å². The fourth-order valence-corrected chi connectivity index (χ4v) is 3.82. The Hall–Kier alpha value is -2.88. The second-order valence-electron chi connectivity index (χ2n) is 8.96. The molecule has 0 bridgehead atoms. The molecule has 29 heavy (non-hydrogen) atoms. The van der Waals surface area contributed by atoms with Crippen molar-refractivity contribution in [1.82, 2.24) is 5.43 Å². The minimum atomic E-state index is -0.173. The van der Waals surface area contributed by atoms with Gasteiger partial charge in [0, 0.05) is 17.2 Å². The van der Waals surface area contributed by atoms with Crippen molar-refractivity contribution < 1.29 is 9.53 Å². The highest BCUT2D eigenvalue weighted by atomic mass is 16.5. The molecule has 0 heterocycles. The molecule has 2 aromatic rings. The molecule has 0 aliphatic heterocycles. The lowest BCUT2D eigenvalue weighted by Gasteiger charge is -2.31. The SMILES string of the molecule is CC(C)(C)c1ccc(OCc2ccc(C(=O)N/N=C3/CC4CC=CC34)cc2)cc1. The maximum atomic E-state index is 12.3. The molecule has 4 nitrogen and oxygen atoms in total. The maximum Gasteiger partial charge on any atom is 0.271 e. The molecule has 1 amide bonds. The molecular weight excluding hydrogens is 360 g/mol. The van der Waals surface area contributed by atoms with Crippen molar-refractivity contribution in [2.45, 2.75) is 45.6 Å². The van der Waals surface area contributed by atoms with Gasteiger partial charge >= 0.3 is 0 Å². The number of hydrogen-bond acceptors (Lipinski definition) is 3. The van der Waals surface area contributed by atoms with E-state index in [1.807, 2.05) is 36.4 Å². The highest BCUT2D eigenvalue weighted by molar-refractivity contribution is 5.98. The molecule has 0 saturated heterocycles. The molecule has 0 radical (unpaired) electrons. The molecule has 2 aliphatic rings. The molecule has 150 valence electrons. The molecule has 2 aliphatic carbocycles. The summed E-state index contributed by atoms with van der Waals surface area (Å²) in [6.45, 7) is 7.05. The standard InChI is InChI=1S/C25H28N2O2/c1-25(2,3)20-11-13-21(14-12-20)29-16-17-7-9-18(10-8-17)24(28)27-26-23-15-19-5-4-6-22(19)23/h4,6-14,19,22H,5,15-16H2,1-3H3,(H,27,28)/b26-23-. The molecule has 1 fully saturated rings. The Kier molecular flexibility index (Phi) is 5.27. The van der Waals surface area contributed by atoms with Crippen molar-refractivity contribution in [3.05, 3.63) is 77.4 Å². The molecule has 1 N–H and O–H groups in total. The van der Waals surface area contributed by atoms with E-state index in [1.54, 1.807) is 0 Å². The molecular formula is C25H28N2O2. The largest absolute Gasteiger partial charge is 0.489 e. The summed E-state index contributed by atoms with van der Waals surface area (Å²) in [7, 11) is 0. The van der Waals surface area contributed by atoms with E-state index in [0.717, 1.165) is 29.9 Å². The van der Waals surface area contributed by atoms with Gasteiger partial charge in [-0.1, -0.05) is 57.2 Å². The van der Waals surface area contributed by atoms with Crippen molar-refractivity contribution in [2.75, 3.05) is 0 Å². The van der Waals surface area contributed by atoms with Gasteiger partial charge in [0.15, 0.2) is 0 Å². The molecule has 4 rings (SSSR count). The topological polar surface area (TPSA) is 50.7 Å². The minimum absolute atomic E-state index is 0.133. The Morgan fingerprint density at radius 2 is 1.83 bits per heavy atom. The number of hydrazone groups is 1. The fraction of sp³-hybridized carbons (Fsp3) is 0.360. The van der Waals surface area contributed by atoms with Gasteiger partial charge in [0.05, 0.1) is 0 Å². The summed E-state index contributed by atoms with van der Waals surface area (Å²) in [5.41, 5.74) is 6.81. The zero-order valence-electron chi connectivity index (χ0n) is 17.3. The number of nitrogens with zero attached hydrogens (tertiary/aromatic N) is 1. The van der Waals surface area contributed by atoms with Crippen LogP contribution >= 0.6 is 0 Å². The van der Waals surface area contributed by atoms with Crippen LogP contribution in [0.5, 0.6) is 5.75 Å². The highest BCUT2D eigenvalue weighted by Gasteiger charge is 2.37. The molecule has 4 heteroatoms. The molecule has 2 aromatic carbocycles. The number of ether oxygens (including phenoxy) is 1. The van der Waals surface area contributed by atoms with E-state index in [-0.39, 0.29) is 11.3 Å². The van der Waals surface area contributed by atoms with Crippen LogP contribution < -0.4 is 10.2 Å². The number of allylic oxidation sites excluding steroid dienone is 2. The van der Waals surface area contributed by atoms with E-state index in [1.165, 1.54) is 5.56 Å². The first kappa shape index (κ1) is 19.4. The molecule has 0 aromatic heterocycles. The minimum Gasteiger partial charge on any atom is -0.489 e. The highest BCUT2D eigenvalue weighted by Crippen LogP contribution is 2.40. The number of fused-ring (bicyclic) bond motifs is 1. The summed E-state index contributed by atoms with van der Waals surface area (Å²) in [6, 6.07) is 15.7. The summed E-state index contributed by atoms with van der Waals surface area (Å²) < 4.78 is 5.87. The van der Waals surface area contributed by atoms with Crippen LogP contribution in [0.2, 0.25) is 0 Å². The van der Waals surface area contributed by atoms with Crippen molar-refractivity contribution in [3.63, 3.8) is 0 Å². The third-order valence-electron chi connectivity index (χ3n) is 5.79. The van der Waals surface area contributed by atoms with Crippen LogP contribution in [0.4, 0.5) is 0 Å². The Balaban J connectivity index is 1.29. The van der Waals surface area contributed by atoms with Crippen LogP contribution in [0.25, 0.3) is 0 Å². The number of benzene rings is 2. The van der Waals surface area contributed by atoms with Crippen LogP contribution in [0, 0.1) is 11.8 Å². The summed E-state index contributed by atoms with van der Waals surface area (Å²) in [5, 5.41) is 4.31. The van der Waals surface area contributed by atoms with Gasteiger partial charge in [-0.25, -0.2) is 5.43 Å². The van der Waals surface area contributed by atoms with Crippen LogP contribution in [0.1, 0.15) is 55.1 Å². The van der Waals surface area contributed by atoms with Crippen LogP contribution in [0.3, 0.4) is 0 Å². The van der Waals surface area contributed by atoms with Crippen molar-refractivity contribution in [1.29, 1.82) is 0 Å². The maximum absolute atomic E-state index is 12.3. The second-order valence-corrected chi connectivity index (χ2v) is 8.96. The average molecular weight is 389 g/mol. The number of rotatable bonds is 5. The summed E-state index contributed by atoms with van der Waals surface area (Å²) >= 11 is 0. The number of carbonyl (C=O) groups excluding carboxylic acids is 1. The van der Waals surface area contributed by atoms with E-state index in [9.17, 15) is 4.79 Å². The number of amides is 1. The lowest BCUT2D eigenvalue weighted by Crippen LogP contribution is -2.35. The van der Waals surface area contributed by atoms with Crippen molar-refractivity contribution >= 4 is 11.6 Å². The smallest absolute Gasteiger partial charge is 0.271 e. The van der Waals surface area contributed by atoms with Gasteiger partial charge in [-0.15, -0.1) is 0 Å². The van der Waals surface area contributed by atoms with E-state index in [4.69, 9.17) is 4.74 Å². The van der Waals surface area contributed by atoms with E-state index in [2.05, 4.69) is 55.6 Å². The Morgan fingerprint density at radius 1 is 1.10 bits per heavy atom. The van der Waals surface area contributed by atoms with Crippen molar-refractivity contribution in [2.24, 2.45) is 16.9 Å². The second kappa shape index (κ2) is 7.86. The van der Waals surface area contributed by atoms with E-state index >= 15 is 0 Å². The molecule has 2 atom stereocenters. The van der Waals surface area contributed by atoms with Gasteiger partial charge < -0.3 is 4.74 Å². The monoisotopic (exact) mass is 388 g/mol. The normalized spacial score (nSPS) is 21.6. The first-order chi connectivity index (χ1) is 13.9. The van der Waals surface area contributed by atoms with Crippen LogP contribution in [-0.2, 0) is 12.0 Å². The predicted octanol–water partition coefficient (Wildman–Crippen LogP) is 5.24. The molecule has 0 spiro atoms. The zero-order chi connectivity index (χ0) is 20.4. The van der Waals surface area contributed by atoms with Gasteiger partial charge in [0.2, 0.25) is 0 Å². The van der Waals surface area contributed by atoms with Crippen molar-refractivity contribution in [3.8, 4) is 5.75 Å². The number of carbonyl (C=O) groups is 1. The summed E-state index contributed by atoms with van der Waals surface area (Å²) in [5.74, 6) is 1.81. The van der Waals surface area contributed by atoms with E-state index in [0.29, 0.717) is 24.0 Å². The van der Waals surface area contributed by atoms with Crippen LogP contribution in [-0.4, -0.2) is 11.6 Å². The average Bonchev–Trinajstić information content (AvgIpc) is 3.07. The summed E-state index contributed by atoms with van der Waals surface area (Å²) in [4.78, 5) is 12.3. The predicted molar refractivity (Wildman–Crippen MR) is 116 cm³/mol. The first-order valence-electron chi connectivity index (χ1n) is 10.3. The summed E-state index contributed by atoms with van der Waals surface area (Å²) in [6.07, 6.45) is 6.54. The molecule has 2 unspecified atom stereocenters. The lowest BCUT2D eigenvalue weighted by molar-refractivity contribution is 0.0954. The van der Waals surface area contributed by atoms with Gasteiger partial charge in [-0.2, -0.15) is 5.10 Å². The van der Waals surface area contributed by atoms with Gasteiger partial charge in [-0.05, 0) is 59.6 Å².